The molecule has 0 saturated carbocycles. The van der Waals surface area contributed by atoms with Crippen molar-refractivity contribution in [3.05, 3.63) is 18.1 Å². The van der Waals surface area contributed by atoms with Gasteiger partial charge in [-0.2, -0.15) is 13.2 Å². The summed E-state index contributed by atoms with van der Waals surface area (Å²) in [6, 6.07) is 1.42. The number of aromatic nitrogens is 2. The van der Waals surface area contributed by atoms with Crippen molar-refractivity contribution in [1.29, 1.82) is 0 Å². The fourth-order valence-electron chi connectivity index (χ4n) is 0.844. The molecule has 3 N–H and O–H groups in total. The lowest BCUT2D eigenvalue weighted by Crippen LogP contribution is -2.28. The Morgan fingerprint density at radius 1 is 1.36 bits per heavy atom. The van der Waals surface area contributed by atoms with Crippen molar-refractivity contribution in [2.45, 2.75) is 12.7 Å². The number of anilines is 1. The van der Waals surface area contributed by atoms with Crippen LogP contribution in [0.25, 0.3) is 0 Å². The molecule has 0 amide bonds. The van der Waals surface area contributed by atoms with Crippen molar-refractivity contribution in [3.63, 3.8) is 0 Å². The van der Waals surface area contributed by atoms with Gasteiger partial charge < -0.3 is 11.1 Å². The maximum absolute atomic E-state index is 11.7. The SMILES string of the molecule is Nc1cc(CNCC(F)(F)F)ncn1. The van der Waals surface area contributed by atoms with E-state index in [0.717, 1.165) is 0 Å². The second-order valence-corrected chi connectivity index (χ2v) is 2.65. The van der Waals surface area contributed by atoms with E-state index in [-0.39, 0.29) is 12.4 Å². The summed E-state index contributed by atoms with van der Waals surface area (Å²) < 4.78 is 35.2. The highest BCUT2D eigenvalue weighted by Crippen LogP contribution is 2.12. The Labute approximate surface area is 78.4 Å². The van der Waals surface area contributed by atoms with Crippen LogP contribution in [0.3, 0.4) is 0 Å². The summed E-state index contributed by atoms with van der Waals surface area (Å²) in [7, 11) is 0. The molecule has 0 aliphatic rings. The van der Waals surface area contributed by atoms with Crippen LogP contribution in [0.2, 0.25) is 0 Å². The molecule has 0 radical (unpaired) electrons. The number of hydrogen-bond acceptors (Lipinski definition) is 4. The Bertz CT molecular complexity index is 299. The fourth-order valence-corrected chi connectivity index (χ4v) is 0.844. The van der Waals surface area contributed by atoms with Crippen molar-refractivity contribution in [2.24, 2.45) is 0 Å². The maximum atomic E-state index is 11.7. The zero-order valence-corrected chi connectivity index (χ0v) is 7.17. The van der Waals surface area contributed by atoms with Gasteiger partial charge in [-0.1, -0.05) is 0 Å². The molecule has 7 heteroatoms. The monoisotopic (exact) mass is 206 g/mol. The summed E-state index contributed by atoms with van der Waals surface area (Å²) in [5.41, 5.74) is 5.75. The van der Waals surface area contributed by atoms with E-state index in [1.54, 1.807) is 0 Å². The molecule has 0 aliphatic heterocycles. The number of hydrogen-bond donors (Lipinski definition) is 2. The number of halogens is 3. The Morgan fingerprint density at radius 2 is 2.07 bits per heavy atom. The lowest BCUT2D eigenvalue weighted by molar-refractivity contribution is -0.125. The van der Waals surface area contributed by atoms with Gasteiger partial charge in [0.1, 0.15) is 12.1 Å². The van der Waals surface area contributed by atoms with Crippen LogP contribution in [0.1, 0.15) is 5.69 Å². The molecule has 78 valence electrons. The first-order chi connectivity index (χ1) is 6.47. The van der Waals surface area contributed by atoms with Crippen LogP contribution in [-0.2, 0) is 6.54 Å². The smallest absolute Gasteiger partial charge is 0.384 e. The normalized spacial score (nSPS) is 11.6. The van der Waals surface area contributed by atoms with Crippen LogP contribution in [-0.4, -0.2) is 22.7 Å². The summed E-state index contributed by atoms with van der Waals surface area (Å²) in [6.45, 7) is -1.02. The zero-order valence-electron chi connectivity index (χ0n) is 7.17. The van der Waals surface area contributed by atoms with Crippen LogP contribution in [0.4, 0.5) is 19.0 Å². The first-order valence-corrected chi connectivity index (χ1v) is 3.81. The second kappa shape index (κ2) is 4.23. The van der Waals surface area contributed by atoms with E-state index >= 15 is 0 Å². The molecule has 1 heterocycles. The summed E-state index contributed by atoms with van der Waals surface area (Å²) in [5, 5.41) is 2.20. The minimum Gasteiger partial charge on any atom is -0.384 e. The van der Waals surface area contributed by atoms with Crippen LogP contribution in [0, 0.1) is 0 Å². The van der Waals surface area contributed by atoms with E-state index < -0.39 is 12.7 Å². The highest BCUT2D eigenvalue weighted by Gasteiger charge is 2.26. The molecule has 0 aliphatic carbocycles. The van der Waals surface area contributed by atoms with Gasteiger partial charge in [0.15, 0.2) is 0 Å². The van der Waals surface area contributed by atoms with Crippen molar-refractivity contribution in [1.82, 2.24) is 15.3 Å². The number of nitrogens with one attached hydrogen (secondary N) is 1. The van der Waals surface area contributed by atoms with Gasteiger partial charge in [0.05, 0.1) is 12.2 Å². The minimum absolute atomic E-state index is 0.0201. The van der Waals surface area contributed by atoms with Crippen molar-refractivity contribution in [3.8, 4) is 0 Å². The third-order valence-electron chi connectivity index (χ3n) is 1.38. The van der Waals surface area contributed by atoms with E-state index in [4.69, 9.17) is 5.73 Å². The van der Waals surface area contributed by atoms with Crippen molar-refractivity contribution >= 4 is 5.82 Å². The predicted octanol–water partition coefficient (Wildman–Crippen LogP) is 0.711. The Morgan fingerprint density at radius 3 is 2.64 bits per heavy atom. The first-order valence-electron chi connectivity index (χ1n) is 3.81. The van der Waals surface area contributed by atoms with Gasteiger partial charge in [-0.3, -0.25) is 0 Å². The van der Waals surface area contributed by atoms with E-state index in [0.29, 0.717) is 5.69 Å². The molecule has 0 unspecified atom stereocenters. The maximum Gasteiger partial charge on any atom is 0.401 e. The highest BCUT2D eigenvalue weighted by atomic mass is 19.4. The molecule has 4 nitrogen and oxygen atoms in total. The van der Waals surface area contributed by atoms with E-state index in [1.165, 1.54) is 12.4 Å². The number of nitrogens with zero attached hydrogens (tertiary/aromatic N) is 2. The van der Waals surface area contributed by atoms with Crippen LogP contribution in [0.5, 0.6) is 0 Å². The van der Waals surface area contributed by atoms with Gasteiger partial charge in [0.2, 0.25) is 0 Å². The van der Waals surface area contributed by atoms with Gasteiger partial charge in [0, 0.05) is 12.6 Å². The number of nitrogen functional groups attached to an aromatic ring is 1. The Kier molecular flexibility index (Phi) is 3.23. The average molecular weight is 206 g/mol. The molecule has 0 bridgehead atoms. The minimum atomic E-state index is -4.21. The fraction of sp³-hybridized carbons (Fsp3) is 0.429. The number of nitrogens with two attached hydrogens (primary N) is 1. The highest BCUT2D eigenvalue weighted by molar-refractivity contribution is 5.27. The summed E-state index contributed by atoms with van der Waals surface area (Å²) in [6.07, 6.45) is -3.00. The molecule has 0 spiro atoms. The van der Waals surface area contributed by atoms with Crippen LogP contribution in [0.15, 0.2) is 12.4 Å². The Balaban J connectivity index is 2.39. The molecular formula is C7H9F3N4. The topological polar surface area (TPSA) is 63.8 Å². The van der Waals surface area contributed by atoms with Gasteiger partial charge >= 0.3 is 6.18 Å². The number of rotatable bonds is 3. The standard InChI is InChI=1S/C7H9F3N4/c8-7(9,10)3-12-2-5-1-6(11)14-4-13-5/h1,4,12H,2-3H2,(H2,11,13,14). The summed E-state index contributed by atoms with van der Waals surface area (Å²) in [4.78, 5) is 7.35. The molecule has 14 heavy (non-hydrogen) atoms. The molecule has 0 atom stereocenters. The zero-order chi connectivity index (χ0) is 10.6. The van der Waals surface area contributed by atoms with E-state index in [9.17, 15) is 13.2 Å². The number of alkyl halides is 3. The second-order valence-electron chi connectivity index (χ2n) is 2.65. The Hall–Kier alpha value is -1.37. The van der Waals surface area contributed by atoms with Crippen molar-refractivity contribution < 1.29 is 13.2 Å². The summed E-state index contributed by atoms with van der Waals surface area (Å²) >= 11 is 0. The molecule has 0 aromatic carbocycles. The van der Waals surface area contributed by atoms with E-state index in [2.05, 4.69) is 15.3 Å². The molecular weight excluding hydrogens is 197 g/mol. The lowest BCUT2D eigenvalue weighted by Gasteiger charge is -2.07. The lowest BCUT2D eigenvalue weighted by atomic mass is 10.4. The molecule has 1 rings (SSSR count). The van der Waals surface area contributed by atoms with Crippen LogP contribution >= 0.6 is 0 Å². The predicted molar refractivity (Wildman–Crippen MR) is 44.2 cm³/mol. The van der Waals surface area contributed by atoms with E-state index in [1.807, 2.05) is 0 Å². The van der Waals surface area contributed by atoms with Gasteiger partial charge in [-0.15, -0.1) is 0 Å². The van der Waals surface area contributed by atoms with Gasteiger partial charge in [0.25, 0.3) is 0 Å². The molecule has 0 saturated heterocycles. The summed E-state index contributed by atoms with van der Waals surface area (Å²) in [5.74, 6) is 0.240. The molecule has 0 fully saturated rings. The third kappa shape index (κ3) is 4.04. The molecule has 1 aromatic heterocycles. The quantitative estimate of drug-likeness (QED) is 0.764. The van der Waals surface area contributed by atoms with Gasteiger partial charge in [-0.25, -0.2) is 9.97 Å². The first kappa shape index (κ1) is 10.7. The van der Waals surface area contributed by atoms with Crippen molar-refractivity contribution in [2.75, 3.05) is 12.3 Å². The average Bonchev–Trinajstić information content (AvgIpc) is 2.01. The molecule has 1 aromatic rings. The third-order valence-corrected chi connectivity index (χ3v) is 1.38. The van der Waals surface area contributed by atoms with Crippen LogP contribution < -0.4 is 11.1 Å². The van der Waals surface area contributed by atoms with Gasteiger partial charge in [-0.05, 0) is 0 Å². The largest absolute Gasteiger partial charge is 0.401 e.